The van der Waals surface area contributed by atoms with E-state index >= 15 is 0 Å². The number of amides is 1. The molecule has 0 bridgehead atoms. The van der Waals surface area contributed by atoms with Crippen molar-refractivity contribution in [1.29, 1.82) is 5.41 Å². The van der Waals surface area contributed by atoms with Gasteiger partial charge in [0.2, 0.25) is 5.96 Å². The number of carbonyl (C=O) groups is 1. The van der Waals surface area contributed by atoms with Crippen LogP contribution in [0.15, 0.2) is 36.5 Å². The second kappa shape index (κ2) is 6.91. The second-order valence-electron chi connectivity index (χ2n) is 6.79. The van der Waals surface area contributed by atoms with Crippen LogP contribution < -0.4 is 10.6 Å². The molecule has 3 N–H and O–H groups in total. The monoisotopic (exact) mass is 421 g/mol. The van der Waals surface area contributed by atoms with Crippen LogP contribution in [0.4, 0.5) is 10.1 Å². The Kier molecular flexibility index (Phi) is 4.68. The van der Waals surface area contributed by atoms with Crippen molar-refractivity contribution in [3.05, 3.63) is 58.6 Å². The average molecular weight is 422 g/mol. The molecule has 1 spiro atoms. The van der Waals surface area contributed by atoms with Crippen LogP contribution in [0.3, 0.4) is 0 Å². The lowest BCUT2D eigenvalue weighted by Crippen LogP contribution is -2.58. The summed E-state index contributed by atoms with van der Waals surface area (Å²) in [6, 6.07) is 6.65. The Labute approximate surface area is 169 Å². The molecule has 2 aromatic rings. The molecule has 1 saturated carbocycles. The molecule has 1 aromatic carbocycles. The Morgan fingerprint density at radius 3 is 2.86 bits per heavy atom. The van der Waals surface area contributed by atoms with E-state index in [0.29, 0.717) is 23.6 Å². The zero-order valence-electron chi connectivity index (χ0n) is 14.8. The Hall–Kier alpha value is -2.36. The molecule has 1 aromatic heterocycles. The summed E-state index contributed by atoms with van der Waals surface area (Å²) in [5.74, 6) is -0.969. The van der Waals surface area contributed by atoms with Crippen LogP contribution in [0.5, 0.6) is 0 Å². The van der Waals surface area contributed by atoms with Gasteiger partial charge in [-0.05, 0) is 30.3 Å². The van der Waals surface area contributed by atoms with Gasteiger partial charge in [0.25, 0.3) is 5.91 Å². The minimum Gasteiger partial charge on any atom is -0.592 e. The number of hydrogen-bond donors (Lipinski definition) is 3. The van der Waals surface area contributed by atoms with Crippen molar-refractivity contribution < 1.29 is 13.7 Å². The fourth-order valence-corrected chi connectivity index (χ4v) is 5.03. The van der Waals surface area contributed by atoms with E-state index in [1.54, 1.807) is 13.1 Å². The van der Waals surface area contributed by atoms with Gasteiger partial charge >= 0.3 is 0 Å². The van der Waals surface area contributed by atoms with Crippen molar-refractivity contribution in [1.82, 2.24) is 14.6 Å². The molecule has 2 atom stereocenters. The molecular formula is C18H17ClFN5O2S. The van der Waals surface area contributed by atoms with Crippen LogP contribution in [-0.4, -0.2) is 37.5 Å². The minimum atomic E-state index is -1.43. The fourth-order valence-electron chi connectivity index (χ4n) is 3.31. The van der Waals surface area contributed by atoms with Gasteiger partial charge in [-0.15, -0.1) is 0 Å². The number of benzene rings is 1. The number of nitrogens with zero attached hydrogens (tertiary/aromatic N) is 2. The molecule has 4 rings (SSSR count). The number of carbonyl (C=O) groups excluding carboxylic acids is 1. The molecule has 2 heterocycles. The van der Waals surface area contributed by atoms with Crippen LogP contribution >= 0.6 is 11.6 Å². The molecule has 2 fully saturated rings. The minimum absolute atomic E-state index is 0.0277. The van der Waals surface area contributed by atoms with Crippen molar-refractivity contribution in [3.63, 3.8) is 0 Å². The van der Waals surface area contributed by atoms with E-state index < -0.39 is 33.9 Å². The highest BCUT2D eigenvalue weighted by atomic mass is 35.5. The molecule has 1 aliphatic carbocycles. The van der Waals surface area contributed by atoms with Gasteiger partial charge in [-0.25, -0.2) is 9.37 Å². The van der Waals surface area contributed by atoms with Crippen molar-refractivity contribution in [2.75, 3.05) is 12.4 Å². The van der Waals surface area contributed by atoms with Gasteiger partial charge in [-0.3, -0.25) is 10.2 Å². The summed E-state index contributed by atoms with van der Waals surface area (Å²) < 4.78 is 28.1. The highest BCUT2D eigenvalue weighted by molar-refractivity contribution is 7.91. The third-order valence-electron chi connectivity index (χ3n) is 4.99. The fraction of sp³-hybridized carbons (Fsp3) is 0.278. The summed E-state index contributed by atoms with van der Waals surface area (Å²) >= 11 is 4.35. The second-order valence-corrected chi connectivity index (χ2v) is 9.08. The molecule has 10 heteroatoms. The summed E-state index contributed by atoms with van der Waals surface area (Å²) in [4.78, 5) is 16.3. The first-order chi connectivity index (χ1) is 13.3. The van der Waals surface area contributed by atoms with Crippen molar-refractivity contribution in [2.45, 2.75) is 23.6 Å². The summed E-state index contributed by atoms with van der Waals surface area (Å²) in [7, 11) is 1.58. The lowest BCUT2D eigenvalue weighted by Gasteiger charge is -2.40. The third kappa shape index (κ3) is 3.19. The van der Waals surface area contributed by atoms with E-state index in [1.165, 1.54) is 34.8 Å². The number of guanidine groups is 1. The highest BCUT2D eigenvalue weighted by Gasteiger charge is 2.66. The maximum absolute atomic E-state index is 14.6. The van der Waals surface area contributed by atoms with Gasteiger partial charge in [0.1, 0.15) is 17.6 Å². The lowest BCUT2D eigenvalue weighted by atomic mass is 10.00. The van der Waals surface area contributed by atoms with Crippen molar-refractivity contribution >= 4 is 40.5 Å². The van der Waals surface area contributed by atoms with E-state index in [2.05, 4.69) is 15.6 Å². The van der Waals surface area contributed by atoms with Gasteiger partial charge in [0, 0.05) is 30.3 Å². The maximum atomic E-state index is 14.6. The predicted octanol–water partition coefficient (Wildman–Crippen LogP) is 2.83. The van der Waals surface area contributed by atoms with Crippen LogP contribution in [0.1, 0.15) is 34.9 Å². The molecule has 1 unspecified atom stereocenters. The van der Waals surface area contributed by atoms with Gasteiger partial charge < -0.3 is 15.2 Å². The first-order valence-corrected chi connectivity index (χ1v) is 10.0. The quantitative estimate of drug-likeness (QED) is 0.661. The smallest absolute Gasteiger partial charge is 0.274 e. The molecule has 7 nitrogen and oxygen atoms in total. The normalized spacial score (nSPS) is 22.7. The summed E-state index contributed by atoms with van der Waals surface area (Å²) in [5.41, 5.74) is 0.826. The number of halogens is 2. The van der Waals surface area contributed by atoms with Crippen LogP contribution in [0.25, 0.3) is 0 Å². The molecule has 1 aliphatic heterocycles. The van der Waals surface area contributed by atoms with E-state index in [0.717, 1.165) is 0 Å². The first-order valence-electron chi connectivity index (χ1n) is 8.55. The topological polar surface area (TPSA) is 104 Å². The highest BCUT2D eigenvalue weighted by Crippen LogP contribution is 2.55. The average Bonchev–Trinajstić information content (AvgIpc) is 3.47. The Morgan fingerprint density at radius 2 is 2.21 bits per heavy atom. The standard InChI is InChI=1S/C18H17ClFN5O2S/c1-25-17(21)24-15(18(6-7-18)28(25)27)12-8-11(3-4-13(12)20)23-16(26)14-5-2-10(19)9-22-14/h2-5,8-9,15H,6-7H2,1H3,(H2,21,24)(H,23,26)/t15-,28?/m1/s1. The van der Waals surface area contributed by atoms with E-state index in [1.807, 2.05) is 0 Å². The largest absolute Gasteiger partial charge is 0.592 e. The predicted molar refractivity (Wildman–Crippen MR) is 105 cm³/mol. The van der Waals surface area contributed by atoms with Crippen molar-refractivity contribution in [2.24, 2.45) is 0 Å². The molecule has 1 amide bonds. The SMILES string of the molecule is CN1C(=N)N[C@H](c2cc(NC(=O)c3ccc(Cl)cn3)ccc2F)C2(CC2)[S+]1[O-]. The Bertz CT molecular complexity index is 953. The zero-order valence-corrected chi connectivity index (χ0v) is 16.4. The third-order valence-corrected chi connectivity index (χ3v) is 7.23. The number of rotatable bonds is 3. The van der Waals surface area contributed by atoms with Gasteiger partial charge in [-0.2, -0.15) is 4.31 Å². The van der Waals surface area contributed by atoms with Crippen LogP contribution in [-0.2, 0) is 11.4 Å². The molecule has 1 saturated heterocycles. The van der Waals surface area contributed by atoms with Gasteiger partial charge in [0.05, 0.1) is 23.4 Å². The Morgan fingerprint density at radius 1 is 1.46 bits per heavy atom. The number of pyridine rings is 1. The van der Waals surface area contributed by atoms with E-state index in [-0.39, 0.29) is 17.2 Å². The number of aromatic nitrogens is 1. The first kappa shape index (κ1) is 19.0. The lowest BCUT2D eigenvalue weighted by molar-refractivity contribution is 0.102. The molecule has 146 valence electrons. The number of nitrogens with one attached hydrogen (secondary N) is 3. The summed E-state index contributed by atoms with van der Waals surface area (Å²) in [5, 5.41) is 14.0. The molecule has 28 heavy (non-hydrogen) atoms. The molecular weight excluding hydrogens is 405 g/mol. The Balaban J connectivity index is 1.62. The molecule has 2 aliphatic rings. The zero-order chi connectivity index (χ0) is 20.1. The number of anilines is 1. The summed E-state index contributed by atoms with van der Waals surface area (Å²) in [6.45, 7) is 0. The van der Waals surface area contributed by atoms with E-state index in [4.69, 9.17) is 17.0 Å². The van der Waals surface area contributed by atoms with Crippen molar-refractivity contribution in [3.8, 4) is 0 Å². The number of hydrogen-bond acceptors (Lipinski definition) is 4. The van der Waals surface area contributed by atoms with E-state index in [9.17, 15) is 13.7 Å². The maximum Gasteiger partial charge on any atom is 0.274 e. The van der Waals surface area contributed by atoms with Crippen LogP contribution in [0, 0.1) is 11.2 Å². The van der Waals surface area contributed by atoms with Gasteiger partial charge in [-0.1, -0.05) is 11.6 Å². The van der Waals surface area contributed by atoms with Gasteiger partial charge in [0.15, 0.2) is 4.75 Å². The molecule has 0 radical (unpaired) electrons. The van der Waals surface area contributed by atoms with Crippen LogP contribution in [0.2, 0.25) is 5.02 Å². The summed E-state index contributed by atoms with van der Waals surface area (Å²) in [6.07, 6.45) is 2.70.